The van der Waals surface area contributed by atoms with Gasteiger partial charge in [-0.1, -0.05) is 17.8 Å². The minimum absolute atomic E-state index is 0.114. The molecule has 3 rings (SSSR count). The molecule has 0 aromatic carbocycles. The molecule has 0 atom stereocenters. The molecule has 3 aromatic heterocycles. The standard InChI is InChI=1S/C13H14N6OS3/c1-9-7-22-12(14-9)15-11(20)8-23-13-16-17-18-19(13)5-4-10-3-2-6-21-10/h2-3,6-7H,4-5,8H2,1H3,(H,14,15,20). The van der Waals surface area contributed by atoms with Crippen LogP contribution in [0.1, 0.15) is 10.6 Å². The van der Waals surface area contributed by atoms with E-state index in [-0.39, 0.29) is 11.7 Å². The number of thiophene rings is 1. The van der Waals surface area contributed by atoms with Crippen LogP contribution >= 0.6 is 34.4 Å². The van der Waals surface area contributed by atoms with Crippen LogP contribution in [-0.2, 0) is 17.8 Å². The second-order valence-electron chi connectivity index (χ2n) is 4.64. The zero-order valence-electron chi connectivity index (χ0n) is 12.3. The number of nitrogens with zero attached hydrogens (tertiary/aromatic N) is 5. The summed E-state index contributed by atoms with van der Waals surface area (Å²) in [5, 5.41) is 19.6. The van der Waals surface area contributed by atoms with Gasteiger partial charge in [0.05, 0.1) is 18.0 Å². The monoisotopic (exact) mass is 366 g/mol. The maximum absolute atomic E-state index is 11.9. The Labute approximate surface area is 145 Å². The lowest BCUT2D eigenvalue weighted by atomic mass is 10.3. The molecule has 1 amide bonds. The fourth-order valence-electron chi connectivity index (χ4n) is 1.81. The summed E-state index contributed by atoms with van der Waals surface area (Å²) in [6.07, 6.45) is 0.876. The lowest BCUT2D eigenvalue weighted by Crippen LogP contribution is -2.14. The molecule has 3 aromatic rings. The predicted octanol–water partition coefficient (Wildman–Crippen LogP) is 2.47. The van der Waals surface area contributed by atoms with E-state index in [1.807, 2.05) is 18.4 Å². The maximum Gasteiger partial charge on any atom is 0.236 e. The van der Waals surface area contributed by atoms with Crippen LogP contribution in [0.5, 0.6) is 0 Å². The van der Waals surface area contributed by atoms with Crippen molar-refractivity contribution in [2.45, 2.75) is 25.0 Å². The second-order valence-corrected chi connectivity index (χ2v) is 7.48. The van der Waals surface area contributed by atoms with Crippen molar-refractivity contribution in [1.82, 2.24) is 25.2 Å². The van der Waals surface area contributed by atoms with Crippen LogP contribution in [0.4, 0.5) is 5.13 Å². The quantitative estimate of drug-likeness (QED) is 0.647. The van der Waals surface area contributed by atoms with Crippen LogP contribution in [0, 0.1) is 6.92 Å². The average molecular weight is 366 g/mol. The number of aryl methyl sites for hydroxylation is 3. The molecule has 10 heteroatoms. The van der Waals surface area contributed by atoms with Gasteiger partial charge in [0.25, 0.3) is 0 Å². The summed E-state index contributed by atoms with van der Waals surface area (Å²) in [6, 6.07) is 4.12. The molecule has 0 aliphatic rings. The van der Waals surface area contributed by atoms with Crippen molar-refractivity contribution in [2.24, 2.45) is 0 Å². The van der Waals surface area contributed by atoms with Crippen molar-refractivity contribution in [2.75, 3.05) is 11.1 Å². The molecule has 23 heavy (non-hydrogen) atoms. The first-order chi connectivity index (χ1) is 11.2. The van der Waals surface area contributed by atoms with E-state index in [9.17, 15) is 4.79 Å². The number of carbonyl (C=O) groups is 1. The number of nitrogens with one attached hydrogen (secondary N) is 1. The van der Waals surface area contributed by atoms with E-state index in [2.05, 4.69) is 37.3 Å². The van der Waals surface area contributed by atoms with Crippen LogP contribution in [-0.4, -0.2) is 36.9 Å². The first-order valence-corrected chi connectivity index (χ1v) is 9.58. The van der Waals surface area contributed by atoms with E-state index in [0.29, 0.717) is 16.8 Å². The molecule has 0 aliphatic heterocycles. The Morgan fingerprint density at radius 3 is 3.09 bits per heavy atom. The molecule has 0 saturated carbocycles. The highest BCUT2D eigenvalue weighted by atomic mass is 32.2. The Hall–Kier alpha value is -1.78. The molecule has 0 fully saturated rings. The number of aromatic nitrogens is 5. The smallest absolute Gasteiger partial charge is 0.236 e. The summed E-state index contributed by atoms with van der Waals surface area (Å²) < 4.78 is 1.73. The van der Waals surface area contributed by atoms with Crippen LogP contribution < -0.4 is 5.32 Å². The van der Waals surface area contributed by atoms with Crippen molar-refractivity contribution in [3.8, 4) is 0 Å². The normalized spacial score (nSPS) is 10.8. The number of thioether (sulfide) groups is 1. The van der Waals surface area contributed by atoms with Gasteiger partial charge in [0.15, 0.2) is 5.13 Å². The lowest BCUT2D eigenvalue weighted by Gasteiger charge is -2.03. The number of tetrazole rings is 1. The highest BCUT2D eigenvalue weighted by molar-refractivity contribution is 7.99. The number of amides is 1. The first-order valence-electron chi connectivity index (χ1n) is 6.84. The van der Waals surface area contributed by atoms with Crippen molar-refractivity contribution in [3.05, 3.63) is 33.5 Å². The second kappa shape index (κ2) is 7.66. The molecule has 1 N–H and O–H groups in total. The number of rotatable bonds is 7. The van der Waals surface area contributed by atoms with Gasteiger partial charge in [0.1, 0.15) is 0 Å². The average Bonchev–Trinajstić information content (AvgIpc) is 3.25. The molecule has 0 unspecified atom stereocenters. The van der Waals surface area contributed by atoms with E-state index >= 15 is 0 Å². The summed E-state index contributed by atoms with van der Waals surface area (Å²) in [4.78, 5) is 17.4. The van der Waals surface area contributed by atoms with Crippen molar-refractivity contribution >= 4 is 45.5 Å². The molecular formula is C13H14N6OS3. The molecule has 0 saturated heterocycles. The Balaban J connectivity index is 1.50. The van der Waals surface area contributed by atoms with E-state index < -0.39 is 0 Å². The van der Waals surface area contributed by atoms with Gasteiger partial charge in [0, 0.05) is 16.7 Å². The number of carbonyl (C=O) groups excluding carboxylic acids is 1. The first kappa shape index (κ1) is 16.1. The van der Waals surface area contributed by atoms with Gasteiger partial charge in [-0.25, -0.2) is 9.67 Å². The fourth-order valence-corrected chi connectivity index (χ4v) is 3.91. The molecule has 0 spiro atoms. The summed E-state index contributed by atoms with van der Waals surface area (Å²) in [5.41, 5.74) is 0.899. The minimum atomic E-state index is -0.114. The summed E-state index contributed by atoms with van der Waals surface area (Å²) >= 11 is 4.45. The molecule has 0 radical (unpaired) electrons. The van der Waals surface area contributed by atoms with Crippen LogP contribution in [0.15, 0.2) is 28.0 Å². The third-order valence-corrected chi connectivity index (χ3v) is 5.62. The number of thiazole rings is 1. The number of hydrogen-bond acceptors (Lipinski definition) is 8. The SMILES string of the molecule is Cc1csc(NC(=O)CSc2nnnn2CCc2cccs2)n1. The topological polar surface area (TPSA) is 85.6 Å². The molecule has 3 heterocycles. The van der Waals surface area contributed by atoms with Gasteiger partial charge >= 0.3 is 0 Å². The maximum atomic E-state index is 11.9. The van der Waals surface area contributed by atoms with E-state index in [0.717, 1.165) is 12.1 Å². The fraction of sp³-hybridized carbons (Fsp3) is 0.308. The summed E-state index contributed by atoms with van der Waals surface area (Å²) in [6.45, 7) is 2.59. The third-order valence-electron chi connectivity index (χ3n) is 2.85. The lowest BCUT2D eigenvalue weighted by molar-refractivity contribution is -0.113. The summed E-state index contributed by atoms with van der Waals surface area (Å²) in [5.74, 6) is 0.134. The van der Waals surface area contributed by atoms with Crippen molar-refractivity contribution < 1.29 is 4.79 Å². The van der Waals surface area contributed by atoms with Gasteiger partial charge in [0.2, 0.25) is 11.1 Å². The van der Waals surface area contributed by atoms with E-state index in [1.165, 1.54) is 28.0 Å². The highest BCUT2D eigenvalue weighted by Gasteiger charge is 2.11. The Kier molecular flexibility index (Phi) is 5.36. The van der Waals surface area contributed by atoms with Gasteiger partial charge in [-0.2, -0.15) is 0 Å². The predicted molar refractivity (Wildman–Crippen MR) is 92.0 cm³/mol. The zero-order valence-corrected chi connectivity index (χ0v) is 14.7. The van der Waals surface area contributed by atoms with Gasteiger partial charge in [-0.3, -0.25) is 4.79 Å². The molecule has 120 valence electrons. The Bertz CT molecular complexity index is 766. The van der Waals surface area contributed by atoms with Gasteiger partial charge in [-0.15, -0.1) is 27.8 Å². The largest absolute Gasteiger partial charge is 0.301 e. The summed E-state index contributed by atoms with van der Waals surface area (Å²) in [7, 11) is 0. The number of hydrogen-bond donors (Lipinski definition) is 1. The van der Waals surface area contributed by atoms with Crippen molar-refractivity contribution in [3.63, 3.8) is 0 Å². The molecular weight excluding hydrogens is 352 g/mol. The molecule has 0 bridgehead atoms. The van der Waals surface area contributed by atoms with E-state index in [1.54, 1.807) is 16.0 Å². The van der Waals surface area contributed by atoms with Crippen LogP contribution in [0.25, 0.3) is 0 Å². The molecule has 0 aliphatic carbocycles. The van der Waals surface area contributed by atoms with Gasteiger partial charge < -0.3 is 5.32 Å². The third kappa shape index (κ3) is 4.60. The van der Waals surface area contributed by atoms with Crippen LogP contribution in [0.2, 0.25) is 0 Å². The Morgan fingerprint density at radius 1 is 1.43 bits per heavy atom. The van der Waals surface area contributed by atoms with Crippen molar-refractivity contribution in [1.29, 1.82) is 0 Å². The Morgan fingerprint density at radius 2 is 2.35 bits per heavy atom. The van der Waals surface area contributed by atoms with Crippen LogP contribution in [0.3, 0.4) is 0 Å². The zero-order chi connectivity index (χ0) is 16.1. The number of anilines is 1. The van der Waals surface area contributed by atoms with E-state index in [4.69, 9.17) is 0 Å². The molecule has 7 nitrogen and oxygen atoms in total. The van der Waals surface area contributed by atoms with Gasteiger partial charge in [-0.05, 0) is 28.8 Å². The minimum Gasteiger partial charge on any atom is -0.301 e. The highest BCUT2D eigenvalue weighted by Crippen LogP contribution is 2.18.